The van der Waals surface area contributed by atoms with E-state index >= 15 is 0 Å². The molecule has 0 aromatic carbocycles. The Morgan fingerprint density at radius 2 is 2.09 bits per heavy atom. The van der Waals surface area contributed by atoms with E-state index in [1.54, 1.807) is 6.92 Å². The fourth-order valence-corrected chi connectivity index (χ4v) is 6.24. The smallest absolute Gasteiger partial charge is 0.240 e. The van der Waals surface area contributed by atoms with Crippen molar-refractivity contribution in [2.45, 2.75) is 97.9 Å². The van der Waals surface area contributed by atoms with Crippen LogP contribution in [0.15, 0.2) is 0 Å². The van der Waals surface area contributed by atoms with Gasteiger partial charge in [-0.05, 0) is 38.9 Å². The van der Waals surface area contributed by atoms with E-state index < -0.39 is 47.3 Å². The lowest BCUT2D eigenvalue weighted by molar-refractivity contribution is -0.216. The van der Waals surface area contributed by atoms with Gasteiger partial charge < -0.3 is 40.7 Å². The van der Waals surface area contributed by atoms with E-state index in [0.717, 1.165) is 12.8 Å². The number of thioether (sulfide) groups is 1. The van der Waals surface area contributed by atoms with Crippen LogP contribution < -0.4 is 16.0 Å². The van der Waals surface area contributed by atoms with Crippen LogP contribution in [0.2, 0.25) is 0 Å². The third kappa shape index (κ3) is 5.81. The molecule has 6 N–H and O–H groups in total. The molecule has 33 heavy (non-hydrogen) atoms. The van der Waals surface area contributed by atoms with Gasteiger partial charge in [0.1, 0.15) is 29.3 Å². The van der Waals surface area contributed by atoms with Gasteiger partial charge in [-0.2, -0.15) is 0 Å². The summed E-state index contributed by atoms with van der Waals surface area (Å²) in [6.45, 7) is 2.41. The summed E-state index contributed by atoms with van der Waals surface area (Å²) in [5, 5.41) is 40.7. The molecule has 0 aromatic rings. The number of nitrogens with one attached hydrogen (secondary N) is 3. The number of fused-ring (bicyclic) bond motifs is 1. The van der Waals surface area contributed by atoms with Crippen LogP contribution in [0, 0.1) is 5.92 Å². The number of hydrogen-bond acceptors (Lipinski definition) is 9. The molecular weight excluding hydrogens is 470 g/mol. The standard InChI is InChI=1S/C22H38ClN3O6S/c1-11(23)16(19-20(28)22(30,10-27)8-15(32-19)33-2)26-21(29)17-18-12(9-24-17)7-14(5-6-31-18)25-13-3-4-13/h11-20,24-25,27-28,30H,3-10H2,1-2H3,(H,26,29)/t11-,12-,14?,15?,16+,17-,18+,19+,20?,22?/m0/s1. The van der Waals surface area contributed by atoms with Crippen molar-refractivity contribution in [1.82, 2.24) is 16.0 Å². The largest absolute Gasteiger partial charge is 0.393 e. The molecule has 190 valence electrons. The van der Waals surface area contributed by atoms with Crippen LogP contribution in [-0.2, 0) is 14.3 Å². The average Bonchev–Trinajstić information content (AvgIpc) is 3.56. The second-order valence-electron chi connectivity index (χ2n) is 10.0. The molecule has 11 heteroatoms. The van der Waals surface area contributed by atoms with Gasteiger partial charge in [0, 0.05) is 37.6 Å². The maximum absolute atomic E-state index is 13.3. The molecule has 4 unspecified atom stereocenters. The van der Waals surface area contributed by atoms with Gasteiger partial charge in [-0.25, -0.2) is 0 Å². The van der Waals surface area contributed by atoms with E-state index in [2.05, 4.69) is 16.0 Å². The minimum atomic E-state index is -1.73. The van der Waals surface area contributed by atoms with Crippen molar-refractivity contribution in [2.24, 2.45) is 5.92 Å². The van der Waals surface area contributed by atoms with E-state index in [9.17, 15) is 20.1 Å². The predicted molar refractivity (Wildman–Crippen MR) is 126 cm³/mol. The Bertz CT molecular complexity index is 689. The molecule has 4 aliphatic rings. The van der Waals surface area contributed by atoms with Crippen molar-refractivity contribution in [3.05, 3.63) is 0 Å². The summed E-state index contributed by atoms with van der Waals surface area (Å²) in [4.78, 5) is 13.3. The number of aliphatic hydroxyl groups excluding tert-OH is 2. The Balaban J connectivity index is 1.43. The number of aliphatic hydroxyl groups is 3. The molecule has 3 heterocycles. The molecular formula is C22H38ClN3O6S. The summed E-state index contributed by atoms with van der Waals surface area (Å²) in [5.74, 6) is -0.0218. The van der Waals surface area contributed by atoms with Crippen LogP contribution in [0.4, 0.5) is 0 Å². The van der Waals surface area contributed by atoms with E-state index in [4.69, 9.17) is 21.1 Å². The first-order chi connectivity index (χ1) is 15.8. The number of amides is 1. The number of halogens is 1. The maximum atomic E-state index is 13.3. The first-order valence-corrected chi connectivity index (χ1v) is 13.7. The summed E-state index contributed by atoms with van der Waals surface area (Å²) in [7, 11) is 0. The molecule has 0 spiro atoms. The maximum Gasteiger partial charge on any atom is 0.240 e. The van der Waals surface area contributed by atoms with Gasteiger partial charge in [-0.15, -0.1) is 23.4 Å². The van der Waals surface area contributed by atoms with Crippen LogP contribution in [0.1, 0.15) is 39.0 Å². The fraction of sp³-hybridized carbons (Fsp3) is 0.955. The van der Waals surface area contributed by atoms with Crippen molar-refractivity contribution < 1.29 is 29.6 Å². The predicted octanol–water partition coefficient (Wildman–Crippen LogP) is -0.452. The molecule has 0 bridgehead atoms. The molecule has 1 saturated carbocycles. The summed E-state index contributed by atoms with van der Waals surface area (Å²) in [6.07, 6.45) is 3.70. The van der Waals surface area contributed by atoms with E-state index in [1.807, 2.05) is 6.26 Å². The first kappa shape index (κ1) is 25.9. The molecule has 1 aliphatic carbocycles. The van der Waals surface area contributed by atoms with Crippen molar-refractivity contribution >= 4 is 29.3 Å². The molecule has 9 nitrogen and oxygen atoms in total. The quantitative estimate of drug-likeness (QED) is 0.242. The molecule has 4 rings (SSSR count). The summed E-state index contributed by atoms with van der Waals surface area (Å²) < 4.78 is 12.1. The van der Waals surface area contributed by atoms with Crippen LogP contribution in [0.3, 0.4) is 0 Å². The van der Waals surface area contributed by atoms with Crippen molar-refractivity contribution in [2.75, 3.05) is 26.0 Å². The van der Waals surface area contributed by atoms with Gasteiger partial charge in [0.15, 0.2) is 0 Å². The Labute approximate surface area is 204 Å². The normalized spacial score (nSPS) is 43.4. The average molecular weight is 508 g/mol. The van der Waals surface area contributed by atoms with Gasteiger partial charge in [-0.1, -0.05) is 0 Å². The number of carbonyl (C=O) groups is 1. The Hall–Kier alpha value is -0.170. The lowest BCUT2D eigenvalue weighted by Gasteiger charge is -2.47. The van der Waals surface area contributed by atoms with Gasteiger partial charge in [0.2, 0.25) is 5.91 Å². The summed E-state index contributed by atoms with van der Waals surface area (Å²) >= 11 is 7.81. The fourth-order valence-electron chi connectivity index (χ4n) is 5.34. The third-order valence-electron chi connectivity index (χ3n) is 7.47. The lowest BCUT2D eigenvalue weighted by Crippen LogP contribution is -2.66. The Morgan fingerprint density at radius 3 is 2.73 bits per heavy atom. The van der Waals surface area contributed by atoms with Crippen molar-refractivity contribution in [1.29, 1.82) is 0 Å². The zero-order valence-corrected chi connectivity index (χ0v) is 20.9. The van der Waals surface area contributed by atoms with E-state index in [1.165, 1.54) is 24.6 Å². The van der Waals surface area contributed by atoms with Crippen molar-refractivity contribution in [3.63, 3.8) is 0 Å². The summed E-state index contributed by atoms with van der Waals surface area (Å²) in [5.41, 5.74) is -2.17. The van der Waals surface area contributed by atoms with E-state index in [-0.39, 0.29) is 24.3 Å². The highest BCUT2D eigenvalue weighted by molar-refractivity contribution is 7.99. The SMILES string of the molecule is CSC1CC(O)(CO)C(O)[C@@H]([C@H](NC(=O)[C@H]2NC[C@@H]3CC(NC4CC4)CCO[C@H]32)[C@H](C)Cl)O1. The van der Waals surface area contributed by atoms with Crippen molar-refractivity contribution in [3.8, 4) is 0 Å². The Morgan fingerprint density at radius 1 is 1.33 bits per heavy atom. The number of ether oxygens (including phenoxy) is 2. The highest BCUT2D eigenvalue weighted by Crippen LogP contribution is 2.36. The number of hydrogen-bond donors (Lipinski definition) is 6. The van der Waals surface area contributed by atoms with Gasteiger partial charge in [0.25, 0.3) is 0 Å². The zero-order valence-electron chi connectivity index (χ0n) is 19.3. The van der Waals surface area contributed by atoms with Gasteiger partial charge in [-0.3, -0.25) is 4.79 Å². The molecule has 4 fully saturated rings. The molecule has 0 radical (unpaired) electrons. The topological polar surface area (TPSA) is 132 Å². The van der Waals surface area contributed by atoms with E-state index in [0.29, 0.717) is 25.2 Å². The second kappa shape index (κ2) is 10.8. The molecule has 3 aliphatic heterocycles. The number of rotatable bonds is 8. The minimum absolute atomic E-state index is 0.0809. The molecule has 10 atom stereocenters. The zero-order chi connectivity index (χ0) is 23.8. The highest BCUT2D eigenvalue weighted by atomic mass is 35.5. The second-order valence-corrected chi connectivity index (χ2v) is 11.7. The number of carbonyl (C=O) groups excluding carboxylic acids is 1. The minimum Gasteiger partial charge on any atom is -0.393 e. The van der Waals surface area contributed by atoms with Crippen LogP contribution >= 0.6 is 23.4 Å². The van der Waals surface area contributed by atoms with Crippen LogP contribution in [0.25, 0.3) is 0 Å². The number of alkyl halides is 1. The first-order valence-electron chi connectivity index (χ1n) is 12.0. The molecule has 0 aromatic heterocycles. The van der Waals surface area contributed by atoms with Gasteiger partial charge in [0.05, 0.1) is 24.1 Å². The monoisotopic (exact) mass is 507 g/mol. The molecule has 1 amide bonds. The molecule has 3 saturated heterocycles. The van der Waals surface area contributed by atoms with Gasteiger partial charge >= 0.3 is 0 Å². The Kier molecular flexibility index (Phi) is 8.51. The van der Waals surface area contributed by atoms with Crippen LogP contribution in [-0.4, -0.2) is 106 Å². The third-order valence-corrected chi connectivity index (χ3v) is 8.55. The van der Waals surface area contributed by atoms with Crippen LogP contribution in [0.5, 0.6) is 0 Å². The highest BCUT2D eigenvalue weighted by Gasteiger charge is 2.52. The lowest BCUT2D eigenvalue weighted by atomic mass is 9.84. The summed E-state index contributed by atoms with van der Waals surface area (Å²) in [6, 6.07) is -0.243.